The molecule has 0 bridgehead atoms. The summed E-state index contributed by atoms with van der Waals surface area (Å²) in [4.78, 5) is 20.1. The zero-order chi connectivity index (χ0) is 24.7. The molecule has 0 atom stereocenters. The van der Waals surface area contributed by atoms with Crippen molar-refractivity contribution in [2.45, 2.75) is 12.5 Å². The molecule has 0 spiro atoms. The predicted molar refractivity (Wildman–Crippen MR) is 102 cm³/mol. The fourth-order valence-corrected chi connectivity index (χ4v) is 2.86. The number of aromatic nitrogens is 4. The van der Waals surface area contributed by atoms with Crippen LogP contribution in [0.25, 0.3) is 17.0 Å². The number of carbonyl (C=O) groups excluding carboxylic acids is 1. The van der Waals surface area contributed by atoms with Gasteiger partial charge in [-0.25, -0.2) is 9.37 Å². The molecule has 0 aliphatic heterocycles. The summed E-state index contributed by atoms with van der Waals surface area (Å²) < 4.78 is 94.8. The average Bonchev–Trinajstić information content (AvgIpc) is 3.17. The maximum atomic E-state index is 13.6. The lowest BCUT2D eigenvalue weighted by molar-refractivity contribution is -0.274. The third-order valence-electron chi connectivity index (χ3n) is 4.29. The number of benzene rings is 2. The predicted octanol–water partition coefficient (Wildman–Crippen LogP) is 5.10. The van der Waals surface area contributed by atoms with E-state index in [0.29, 0.717) is 10.6 Å². The van der Waals surface area contributed by atoms with E-state index < -0.39 is 47.3 Å². The number of alkyl halides is 6. The molecule has 0 aliphatic carbocycles. The number of ether oxygens (including phenoxy) is 1. The Morgan fingerprint density at radius 1 is 0.912 bits per heavy atom. The first-order valence-electron chi connectivity index (χ1n) is 9.17. The van der Waals surface area contributed by atoms with E-state index in [0.717, 1.165) is 36.4 Å². The molecule has 7 nitrogen and oxygen atoms in total. The summed E-state index contributed by atoms with van der Waals surface area (Å²) in [7, 11) is 0. The molecule has 0 radical (unpaired) electrons. The monoisotopic (exact) mass is 485 g/mol. The van der Waals surface area contributed by atoms with Crippen LogP contribution >= 0.6 is 0 Å². The third kappa shape index (κ3) is 5.05. The van der Waals surface area contributed by atoms with Gasteiger partial charge < -0.3 is 10.1 Å². The number of rotatable bonds is 4. The summed E-state index contributed by atoms with van der Waals surface area (Å²) in [5, 5.41) is 5.82. The van der Waals surface area contributed by atoms with Gasteiger partial charge in [0, 0.05) is 11.3 Å². The summed E-state index contributed by atoms with van der Waals surface area (Å²) in [6, 6.07) is 9.24. The molecule has 0 unspecified atom stereocenters. The van der Waals surface area contributed by atoms with Crippen molar-refractivity contribution in [1.29, 1.82) is 0 Å². The van der Waals surface area contributed by atoms with Crippen LogP contribution in [0.4, 0.5) is 36.4 Å². The van der Waals surface area contributed by atoms with E-state index in [4.69, 9.17) is 0 Å². The molecular formula is C20H10F7N5O2. The van der Waals surface area contributed by atoms with Crippen molar-refractivity contribution in [1.82, 2.24) is 19.6 Å². The minimum absolute atomic E-state index is 0.00869. The molecule has 2 heterocycles. The maximum Gasteiger partial charge on any atom is 0.573 e. The fourth-order valence-electron chi connectivity index (χ4n) is 2.86. The Morgan fingerprint density at radius 3 is 2.15 bits per heavy atom. The number of nitrogens with one attached hydrogen (secondary N) is 1. The number of carbonyl (C=O) groups is 1. The Labute approximate surface area is 184 Å². The summed E-state index contributed by atoms with van der Waals surface area (Å²) in [6.07, 6.45) is -9.80. The summed E-state index contributed by atoms with van der Waals surface area (Å²) in [5.74, 6) is -3.39. The number of fused-ring (bicyclic) bond motifs is 1. The zero-order valence-corrected chi connectivity index (χ0v) is 16.4. The Kier molecular flexibility index (Phi) is 5.59. The second-order valence-electron chi connectivity index (χ2n) is 6.70. The highest BCUT2D eigenvalue weighted by atomic mass is 19.4. The van der Waals surface area contributed by atoms with Gasteiger partial charge >= 0.3 is 12.5 Å². The SMILES string of the molecule is O=C(Nc1ccc(OC(F)(F)F)cc1)c1nc2nc(-c3ccc(F)cc3)cc(C(F)(F)F)n2n1. The molecule has 176 valence electrons. The van der Waals surface area contributed by atoms with Crippen LogP contribution in [0.2, 0.25) is 0 Å². The average molecular weight is 485 g/mol. The molecule has 2 aromatic heterocycles. The Bertz CT molecular complexity index is 1350. The van der Waals surface area contributed by atoms with Gasteiger partial charge in [0.05, 0.1) is 5.69 Å². The van der Waals surface area contributed by atoms with Gasteiger partial charge in [-0.05, 0) is 54.6 Å². The molecule has 1 N–H and O–H groups in total. The number of hydrogen-bond acceptors (Lipinski definition) is 5. The lowest BCUT2D eigenvalue weighted by Gasteiger charge is -2.10. The van der Waals surface area contributed by atoms with E-state index in [9.17, 15) is 35.5 Å². The Hall–Kier alpha value is -4.23. The summed E-state index contributed by atoms with van der Waals surface area (Å²) >= 11 is 0. The minimum atomic E-state index is -4.90. The number of hydrogen-bond donors (Lipinski definition) is 1. The largest absolute Gasteiger partial charge is 0.573 e. The topological polar surface area (TPSA) is 81.4 Å². The van der Waals surface area contributed by atoms with E-state index in [1.807, 2.05) is 0 Å². The van der Waals surface area contributed by atoms with E-state index in [1.165, 1.54) is 12.1 Å². The van der Waals surface area contributed by atoms with Gasteiger partial charge in [-0.15, -0.1) is 18.3 Å². The highest BCUT2D eigenvalue weighted by Gasteiger charge is 2.36. The molecule has 0 aliphatic rings. The van der Waals surface area contributed by atoms with E-state index in [2.05, 4.69) is 25.1 Å². The van der Waals surface area contributed by atoms with Crippen molar-refractivity contribution in [3.63, 3.8) is 0 Å². The van der Waals surface area contributed by atoms with Crippen LogP contribution in [0.5, 0.6) is 5.75 Å². The minimum Gasteiger partial charge on any atom is -0.406 e. The molecule has 1 amide bonds. The second-order valence-corrected chi connectivity index (χ2v) is 6.70. The van der Waals surface area contributed by atoms with E-state index in [1.54, 1.807) is 0 Å². The zero-order valence-electron chi connectivity index (χ0n) is 16.4. The molecule has 4 rings (SSSR count). The summed E-state index contributed by atoms with van der Waals surface area (Å²) in [6.45, 7) is 0. The van der Waals surface area contributed by atoms with Gasteiger partial charge in [0.15, 0.2) is 5.69 Å². The molecule has 0 fully saturated rings. The van der Waals surface area contributed by atoms with Crippen molar-refractivity contribution < 1.29 is 40.3 Å². The van der Waals surface area contributed by atoms with Gasteiger partial charge in [0.25, 0.3) is 11.7 Å². The van der Waals surface area contributed by atoms with Crippen LogP contribution in [-0.4, -0.2) is 31.9 Å². The third-order valence-corrected chi connectivity index (χ3v) is 4.29. The fraction of sp³-hybridized carbons (Fsp3) is 0.100. The number of nitrogens with zero attached hydrogens (tertiary/aromatic N) is 4. The number of anilines is 1. The van der Waals surface area contributed by atoms with Crippen molar-refractivity contribution in [3.8, 4) is 17.0 Å². The van der Waals surface area contributed by atoms with Crippen LogP contribution in [0.3, 0.4) is 0 Å². The highest BCUT2D eigenvalue weighted by molar-refractivity contribution is 6.01. The number of halogens is 7. The number of amides is 1. The van der Waals surface area contributed by atoms with Gasteiger partial charge in [0.1, 0.15) is 11.6 Å². The Balaban J connectivity index is 1.65. The molecule has 4 aromatic rings. The quantitative estimate of drug-likeness (QED) is 0.407. The van der Waals surface area contributed by atoms with Crippen LogP contribution in [-0.2, 0) is 6.18 Å². The first-order valence-corrected chi connectivity index (χ1v) is 9.17. The van der Waals surface area contributed by atoms with Crippen LogP contribution in [0, 0.1) is 5.82 Å². The van der Waals surface area contributed by atoms with Crippen LogP contribution in [0.1, 0.15) is 16.3 Å². The van der Waals surface area contributed by atoms with Gasteiger partial charge in [-0.1, -0.05) is 0 Å². The lowest BCUT2D eigenvalue weighted by Crippen LogP contribution is -2.17. The van der Waals surface area contributed by atoms with Crippen molar-refractivity contribution in [2.75, 3.05) is 5.32 Å². The van der Waals surface area contributed by atoms with Crippen molar-refractivity contribution in [2.24, 2.45) is 0 Å². The molecule has 34 heavy (non-hydrogen) atoms. The Morgan fingerprint density at radius 2 is 1.56 bits per heavy atom. The molecule has 0 saturated heterocycles. The molecule has 2 aromatic carbocycles. The molecule has 0 saturated carbocycles. The standard InChI is InChI=1S/C20H10F7N5O2/c21-11-3-1-10(2-4-11)14-9-15(19(22,23)24)32-18(29-14)30-16(31-32)17(33)28-12-5-7-13(8-6-12)34-20(25,26)27/h1-9H,(H,28,33). The summed E-state index contributed by atoms with van der Waals surface area (Å²) in [5.41, 5.74) is -1.28. The highest BCUT2D eigenvalue weighted by Crippen LogP contribution is 2.32. The van der Waals surface area contributed by atoms with Crippen molar-refractivity contribution in [3.05, 3.63) is 71.9 Å². The van der Waals surface area contributed by atoms with Crippen LogP contribution in [0.15, 0.2) is 54.6 Å². The second kappa shape index (κ2) is 8.28. The van der Waals surface area contributed by atoms with E-state index >= 15 is 0 Å². The maximum absolute atomic E-state index is 13.6. The molecule has 14 heteroatoms. The smallest absolute Gasteiger partial charge is 0.406 e. The lowest BCUT2D eigenvalue weighted by atomic mass is 10.1. The van der Waals surface area contributed by atoms with Gasteiger partial charge in [-0.2, -0.15) is 22.7 Å². The van der Waals surface area contributed by atoms with Crippen molar-refractivity contribution >= 4 is 17.4 Å². The first-order chi connectivity index (χ1) is 15.9. The molecular weight excluding hydrogens is 475 g/mol. The van der Waals surface area contributed by atoms with Gasteiger partial charge in [-0.3, -0.25) is 4.79 Å². The normalized spacial score (nSPS) is 12.1. The van der Waals surface area contributed by atoms with E-state index in [-0.39, 0.29) is 16.9 Å². The first kappa shape index (κ1) is 22.9. The van der Waals surface area contributed by atoms with Gasteiger partial charge in [0.2, 0.25) is 5.82 Å². The van der Waals surface area contributed by atoms with Crippen LogP contribution < -0.4 is 10.1 Å².